The van der Waals surface area contributed by atoms with Gasteiger partial charge in [0.05, 0.1) is 0 Å². The molecule has 3 heteroatoms. The minimum absolute atomic E-state index is 0.358. The van der Waals surface area contributed by atoms with Crippen molar-refractivity contribution < 1.29 is 9.59 Å². The number of hydrogen-bond donors (Lipinski definition) is 1. The molecule has 0 radical (unpaired) electrons. The van der Waals surface area contributed by atoms with E-state index in [9.17, 15) is 9.59 Å². The molecule has 0 spiro atoms. The molecule has 14 heavy (non-hydrogen) atoms. The second-order valence-electron chi connectivity index (χ2n) is 2.41. The van der Waals surface area contributed by atoms with E-state index in [1.165, 1.54) is 0 Å². The number of aryl methyl sites for hydroxylation is 1. The summed E-state index contributed by atoms with van der Waals surface area (Å²) in [6.07, 6.45) is 0.384. The van der Waals surface area contributed by atoms with E-state index in [2.05, 4.69) is 5.32 Å². The largest absolute Gasteiger partial charge is 0.295 e. The minimum atomic E-state index is -0.358. The molecule has 0 aliphatic heterocycles. The first-order chi connectivity index (χ1) is 6.75. The van der Waals surface area contributed by atoms with Crippen LogP contribution in [0.15, 0.2) is 24.3 Å². The average Bonchev–Trinajstić information content (AvgIpc) is 2.22. The number of hydrogen-bond acceptors (Lipinski definition) is 2. The standard InChI is InChI=1S/C9H9NO2.C2H6/c1-7-4-2-3-5-8(7)9(12)10-6-11;1-2/h2-6H,1H3,(H,10,11,12);1-2H3. The first kappa shape index (κ1) is 12.4. The van der Waals surface area contributed by atoms with E-state index in [1.807, 2.05) is 32.9 Å². The van der Waals surface area contributed by atoms with Crippen molar-refractivity contribution in [2.24, 2.45) is 0 Å². The molecule has 0 aliphatic carbocycles. The quantitative estimate of drug-likeness (QED) is 0.729. The van der Waals surface area contributed by atoms with E-state index < -0.39 is 0 Å². The first-order valence-electron chi connectivity index (χ1n) is 4.56. The lowest BCUT2D eigenvalue weighted by atomic mass is 10.1. The number of imide groups is 1. The van der Waals surface area contributed by atoms with E-state index in [0.717, 1.165) is 5.56 Å². The van der Waals surface area contributed by atoms with E-state index in [0.29, 0.717) is 12.0 Å². The fourth-order valence-electron chi connectivity index (χ4n) is 0.959. The third-order valence-corrected chi connectivity index (χ3v) is 1.58. The van der Waals surface area contributed by atoms with Gasteiger partial charge in [-0.15, -0.1) is 0 Å². The predicted molar refractivity (Wildman–Crippen MR) is 56.1 cm³/mol. The zero-order valence-corrected chi connectivity index (χ0v) is 8.70. The Morgan fingerprint density at radius 3 is 2.36 bits per heavy atom. The molecule has 1 aromatic rings. The summed E-state index contributed by atoms with van der Waals surface area (Å²) in [5.74, 6) is -0.358. The topological polar surface area (TPSA) is 46.2 Å². The summed E-state index contributed by atoms with van der Waals surface area (Å²) < 4.78 is 0. The predicted octanol–water partition coefficient (Wildman–Crippen LogP) is 1.91. The van der Waals surface area contributed by atoms with Crippen molar-refractivity contribution >= 4 is 12.3 Å². The van der Waals surface area contributed by atoms with E-state index in [1.54, 1.807) is 12.1 Å². The zero-order chi connectivity index (χ0) is 11.0. The SMILES string of the molecule is CC.Cc1ccccc1C(=O)NC=O. The summed E-state index contributed by atoms with van der Waals surface area (Å²) in [6, 6.07) is 7.09. The summed E-state index contributed by atoms with van der Waals surface area (Å²) in [4.78, 5) is 21.1. The number of amides is 2. The molecule has 0 fully saturated rings. The highest BCUT2D eigenvalue weighted by atomic mass is 16.2. The molecule has 1 aromatic carbocycles. The molecule has 1 rings (SSSR count). The third-order valence-electron chi connectivity index (χ3n) is 1.58. The molecule has 0 bridgehead atoms. The molecule has 1 N–H and O–H groups in total. The van der Waals surface area contributed by atoms with Gasteiger partial charge in [-0.3, -0.25) is 14.9 Å². The summed E-state index contributed by atoms with van der Waals surface area (Å²) in [5.41, 5.74) is 1.39. The molecule has 76 valence electrons. The van der Waals surface area contributed by atoms with E-state index in [4.69, 9.17) is 0 Å². The highest BCUT2D eigenvalue weighted by Gasteiger charge is 2.05. The van der Waals surface area contributed by atoms with Gasteiger partial charge in [-0.25, -0.2) is 0 Å². The molecule has 0 saturated heterocycles. The Kier molecular flexibility index (Phi) is 6.03. The maximum Gasteiger partial charge on any atom is 0.257 e. The lowest BCUT2D eigenvalue weighted by molar-refractivity contribution is -0.108. The van der Waals surface area contributed by atoms with Crippen molar-refractivity contribution in [2.75, 3.05) is 0 Å². The first-order valence-corrected chi connectivity index (χ1v) is 4.56. The summed E-state index contributed by atoms with van der Waals surface area (Å²) in [5, 5.41) is 2.08. The summed E-state index contributed by atoms with van der Waals surface area (Å²) in [7, 11) is 0. The van der Waals surface area contributed by atoms with Crippen LogP contribution < -0.4 is 5.32 Å². The number of carbonyl (C=O) groups is 2. The van der Waals surface area contributed by atoms with Gasteiger partial charge < -0.3 is 0 Å². The lowest BCUT2D eigenvalue weighted by Crippen LogP contribution is -2.21. The molecule has 3 nitrogen and oxygen atoms in total. The van der Waals surface area contributed by atoms with Crippen LogP contribution in [0.3, 0.4) is 0 Å². The number of rotatable bonds is 2. The van der Waals surface area contributed by atoms with Gasteiger partial charge in [-0.2, -0.15) is 0 Å². The maximum absolute atomic E-state index is 11.1. The molecule has 0 aromatic heterocycles. The van der Waals surface area contributed by atoms with Crippen molar-refractivity contribution in [3.63, 3.8) is 0 Å². The fraction of sp³-hybridized carbons (Fsp3) is 0.273. The van der Waals surface area contributed by atoms with Gasteiger partial charge >= 0.3 is 0 Å². The second-order valence-corrected chi connectivity index (χ2v) is 2.41. The summed E-state index contributed by atoms with van der Waals surface area (Å²) >= 11 is 0. The highest BCUT2D eigenvalue weighted by Crippen LogP contribution is 2.05. The number of nitrogens with one attached hydrogen (secondary N) is 1. The van der Waals surface area contributed by atoms with Crippen molar-refractivity contribution in [3.8, 4) is 0 Å². The van der Waals surface area contributed by atoms with Crippen LogP contribution in [-0.2, 0) is 4.79 Å². The van der Waals surface area contributed by atoms with Crippen molar-refractivity contribution in [1.29, 1.82) is 0 Å². The fourth-order valence-corrected chi connectivity index (χ4v) is 0.959. The molecular weight excluding hydrogens is 178 g/mol. The second kappa shape index (κ2) is 6.83. The number of carbonyl (C=O) groups excluding carboxylic acids is 2. The van der Waals surface area contributed by atoms with Crippen LogP contribution in [0.2, 0.25) is 0 Å². The Morgan fingerprint density at radius 1 is 1.29 bits per heavy atom. The van der Waals surface area contributed by atoms with Crippen LogP contribution in [0.4, 0.5) is 0 Å². The van der Waals surface area contributed by atoms with Gasteiger partial charge in [-0.1, -0.05) is 32.0 Å². The van der Waals surface area contributed by atoms with Gasteiger partial charge in [0, 0.05) is 5.56 Å². The van der Waals surface area contributed by atoms with E-state index >= 15 is 0 Å². The highest BCUT2D eigenvalue weighted by molar-refractivity contribution is 6.00. The van der Waals surface area contributed by atoms with Crippen molar-refractivity contribution in [3.05, 3.63) is 35.4 Å². The van der Waals surface area contributed by atoms with Crippen LogP contribution in [-0.4, -0.2) is 12.3 Å². The Hall–Kier alpha value is -1.64. The number of benzene rings is 1. The van der Waals surface area contributed by atoms with Crippen molar-refractivity contribution in [1.82, 2.24) is 5.32 Å². The van der Waals surface area contributed by atoms with Gasteiger partial charge in [0.15, 0.2) is 0 Å². The third kappa shape index (κ3) is 3.39. The van der Waals surface area contributed by atoms with Gasteiger partial charge in [0.25, 0.3) is 5.91 Å². The molecule has 0 atom stereocenters. The smallest absolute Gasteiger partial charge is 0.257 e. The Morgan fingerprint density at radius 2 is 1.86 bits per heavy atom. The van der Waals surface area contributed by atoms with Gasteiger partial charge in [-0.05, 0) is 18.6 Å². The van der Waals surface area contributed by atoms with Crippen LogP contribution in [0.1, 0.15) is 29.8 Å². The molecule has 0 heterocycles. The monoisotopic (exact) mass is 193 g/mol. The van der Waals surface area contributed by atoms with Crippen LogP contribution in [0.25, 0.3) is 0 Å². The van der Waals surface area contributed by atoms with Gasteiger partial charge in [0.2, 0.25) is 6.41 Å². The van der Waals surface area contributed by atoms with Crippen LogP contribution in [0.5, 0.6) is 0 Å². The Bertz CT molecular complexity index is 308. The lowest BCUT2D eigenvalue weighted by Gasteiger charge is -2.01. The zero-order valence-electron chi connectivity index (χ0n) is 8.70. The Balaban J connectivity index is 0.000000791. The maximum atomic E-state index is 11.1. The normalized spacial score (nSPS) is 8.21. The minimum Gasteiger partial charge on any atom is -0.295 e. The van der Waals surface area contributed by atoms with E-state index in [-0.39, 0.29) is 5.91 Å². The Labute approximate surface area is 84.1 Å². The molecule has 0 unspecified atom stereocenters. The van der Waals surface area contributed by atoms with Crippen LogP contribution >= 0.6 is 0 Å². The molecule has 2 amide bonds. The summed E-state index contributed by atoms with van der Waals surface area (Å²) in [6.45, 7) is 5.82. The average molecular weight is 193 g/mol. The van der Waals surface area contributed by atoms with Crippen LogP contribution in [0, 0.1) is 6.92 Å². The van der Waals surface area contributed by atoms with Crippen molar-refractivity contribution in [2.45, 2.75) is 20.8 Å². The molecular formula is C11H15NO2. The molecule has 0 aliphatic rings. The van der Waals surface area contributed by atoms with Gasteiger partial charge in [0.1, 0.15) is 0 Å². The molecule has 0 saturated carbocycles.